The van der Waals surface area contributed by atoms with Crippen LogP contribution < -0.4 is 5.32 Å². The van der Waals surface area contributed by atoms with Gasteiger partial charge in [-0.05, 0) is 32.9 Å². The second kappa shape index (κ2) is 7.79. The van der Waals surface area contributed by atoms with Gasteiger partial charge in [0, 0.05) is 24.5 Å². The average molecular weight is 328 g/mol. The molecule has 1 N–H and O–H groups in total. The monoisotopic (exact) mass is 328 g/mol. The van der Waals surface area contributed by atoms with Crippen molar-refractivity contribution in [1.82, 2.24) is 20.0 Å². The van der Waals surface area contributed by atoms with Crippen LogP contribution in [0.3, 0.4) is 0 Å². The smallest absolute Gasteiger partial charge is 0.241 e. The summed E-state index contributed by atoms with van der Waals surface area (Å²) in [7, 11) is 2.17. The number of amides is 1. The Balaban J connectivity index is 1.48. The lowest BCUT2D eigenvalue weighted by molar-refractivity contribution is -0.121. The third-order valence-corrected chi connectivity index (χ3v) is 5.12. The summed E-state index contributed by atoms with van der Waals surface area (Å²) >= 11 is 0. The van der Waals surface area contributed by atoms with Gasteiger partial charge in [-0.3, -0.25) is 9.48 Å². The molecule has 3 rings (SSSR count). The van der Waals surface area contributed by atoms with E-state index in [2.05, 4.69) is 22.4 Å². The Morgan fingerprint density at radius 3 is 2.83 bits per heavy atom. The standard InChI is InChI=1S/C19H28N4O/c1-15-17-10-6-7-11-18(17)23(21-15)14-19(24)20-12-13-22(2)16-8-4-3-5-9-16/h6-7,10-11,16H,3-5,8-9,12-14H2,1-2H3,(H,20,24). The van der Waals surface area contributed by atoms with E-state index in [4.69, 9.17) is 0 Å². The van der Waals surface area contributed by atoms with Gasteiger partial charge in [0.15, 0.2) is 0 Å². The van der Waals surface area contributed by atoms with E-state index in [0.29, 0.717) is 12.6 Å². The number of fused-ring (bicyclic) bond motifs is 1. The molecule has 0 saturated heterocycles. The maximum atomic E-state index is 12.2. The first kappa shape index (κ1) is 17.0. The zero-order valence-electron chi connectivity index (χ0n) is 14.8. The van der Waals surface area contributed by atoms with E-state index in [1.54, 1.807) is 4.68 Å². The fourth-order valence-electron chi connectivity index (χ4n) is 3.68. The molecule has 0 unspecified atom stereocenters. The van der Waals surface area contributed by atoms with Crippen molar-refractivity contribution in [1.29, 1.82) is 0 Å². The summed E-state index contributed by atoms with van der Waals surface area (Å²) in [6.07, 6.45) is 6.64. The van der Waals surface area contributed by atoms with Gasteiger partial charge in [0.2, 0.25) is 5.91 Å². The number of para-hydroxylation sites is 1. The van der Waals surface area contributed by atoms with Gasteiger partial charge < -0.3 is 10.2 Å². The number of benzene rings is 1. The number of rotatable bonds is 6. The maximum Gasteiger partial charge on any atom is 0.241 e. The van der Waals surface area contributed by atoms with E-state index in [-0.39, 0.29) is 12.5 Å². The summed E-state index contributed by atoms with van der Waals surface area (Å²) < 4.78 is 1.80. The average Bonchev–Trinajstić information content (AvgIpc) is 2.92. The van der Waals surface area contributed by atoms with Crippen molar-refractivity contribution in [3.05, 3.63) is 30.0 Å². The van der Waals surface area contributed by atoms with Crippen molar-refractivity contribution < 1.29 is 4.79 Å². The Morgan fingerprint density at radius 2 is 2.04 bits per heavy atom. The second-order valence-electron chi connectivity index (χ2n) is 6.88. The number of aryl methyl sites for hydroxylation is 1. The van der Waals surface area contributed by atoms with Crippen LogP contribution in [0, 0.1) is 6.92 Å². The molecule has 0 bridgehead atoms. The molecule has 24 heavy (non-hydrogen) atoms. The van der Waals surface area contributed by atoms with Crippen LogP contribution in [0.5, 0.6) is 0 Å². The highest BCUT2D eigenvalue weighted by atomic mass is 16.2. The predicted octanol–water partition coefficient (Wildman–Crippen LogP) is 2.73. The molecule has 1 aliphatic rings. The van der Waals surface area contributed by atoms with Crippen LogP contribution >= 0.6 is 0 Å². The topological polar surface area (TPSA) is 50.2 Å². The summed E-state index contributed by atoms with van der Waals surface area (Å²) in [5.41, 5.74) is 1.99. The van der Waals surface area contributed by atoms with E-state index in [1.807, 2.05) is 31.2 Å². The maximum absolute atomic E-state index is 12.2. The summed E-state index contributed by atoms with van der Waals surface area (Å²) in [5, 5.41) is 8.64. The first-order valence-electron chi connectivity index (χ1n) is 9.04. The molecule has 1 amide bonds. The SMILES string of the molecule is Cc1nn(CC(=O)NCCN(C)C2CCCCC2)c2ccccc12. The first-order chi connectivity index (χ1) is 11.6. The molecule has 1 saturated carbocycles. The van der Waals surface area contributed by atoms with E-state index in [9.17, 15) is 4.79 Å². The minimum absolute atomic E-state index is 0.0281. The van der Waals surface area contributed by atoms with Crippen molar-refractivity contribution in [2.45, 2.75) is 51.6 Å². The minimum atomic E-state index is 0.0281. The van der Waals surface area contributed by atoms with Crippen LogP contribution in [-0.2, 0) is 11.3 Å². The Morgan fingerprint density at radius 1 is 1.29 bits per heavy atom. The molecule has 5 nitrogen and oxygen atoms in total. The van der Waals surface area contributed by atoms with E-state index < -0.39 is 0 Å². The van der Waals surface area contributed by atoms with Gasteiger partial charge in [-0.15, -0.1) is 0 Å². The molecule has 0 radical (unpaired) electrons. The van der Waals surface area contributed by atoms with Crippen LogP contribution in [0.4, 0.5) is 0 Å². The molecule has 2 aromatic rings. The summed E-state index contributed by atoms with van der Waals surface area (Å²) in [5.74, 6) is 0.0281. The van der Waals surface area contributed by atoms with Gasteiger partial charge in [0.05, 0.1) is 11.2 Å². The molecule has 1 aliphatic carbocycles. The number of hydrogen-bond acceptors (Lipinski definition) is 3. The minimum Gasteiger partial charge on any atom is -0.353 e. The van der Waals surface area contributed by atoms with Gasteiger partial charge in [0.1, 0.15) is 6.54 Å². The highest BCUT2D eigenvalue weighted by Crippen LogP contribution is 2.21. The first-order valence-corrected chi connectivity index (χ1v) is 9.04. The van der Waals surface area contributed by atoms with Crippen LogP contribution in [0.25, 0.3) is 10.9 Å². The normalized spacial score (nSPS) is 16.0. The predicted molar refractivity (Wildman–Crippen MR) is 97.0 cm³/mol. The van der Waals surface area contributed by atoms with Crippen molar-refractivity contribution in [2.75, 3.05) is 20.1 Å². The lowest BCUT2D eigenvalue weighted by Crippen LogP contribution is -2.40. The van der Waals surface area contributed by atoms with Gasteiger partial charge >= 0.3 is 0 Å². The molecule has 130 valence electrons. The summed E-state index contributed by atoms with van der Waals surface area (Å²) in [6.45, 7) is 3.87. The van der Waals surface area contributed by atoms with Crippen LogP contribution in [0.1, 0.15) is 37.8 Å². The highest BCUT2D eigenvalue weighted by Gasteiger charge is 2.17. The van der Waals surface area contributed by atoms with Gasteiger partial charge in [-0.1, -0.05) is 37.5 Å². The van der Waals surface area contributed by atoms with Gasteiger partial charge in [0.25, 0.3) is 0 Å². The number of carbonyl (C=O) groups is 1. The molecular formula is C19H28N4O. The van der Waals surface area contributed by atoms with Crippen molar-refractivity contribution in [3.8, 4) is 0 Å². The number of aromatic nitrogens is 2. The number of nitrogens with one attached hydrogen (secondary N) is 1. The molecule has 0 atom stereocenters. The molecule has 0 spiro atoms. The second-order valence-corrected chi connectivity index (χ2v) is 6.88. The third-order valence-electron chi connectivity index (χ3n) is 5.12. The molecule has 1 heterocycles. The number of nitrogens with zero attached hydrogens (tertiary/aromatic N) is 3. The molecular weight excluding hydrogens is 300 g/mol. The Bertz CT molecular complexity index is 688. The number of likely N-dealkylation sites (N-methyl/N-ethyl adjacent to an activating group) is 1. The van der Waals surface area contributed by atoms with E-state index >= 15 is 0 Å². The van der Waals surface area contributed by atoms with Crippen LogP contribution in [0.15, 0.2) is 24.3 Å². The zero-order valence-corrected chi connectivity index (χ0v) is 14.8. The van der Waals surface area contributed by atoms with Crippen LogP contribution in [-0.4, -0.2) is 46.8 Å². The fraction of sp³-hybridized carbons (Fsp3) is 0.579. The molecule has 5 heteroatoms. The van der Waals surface area contributed by atoms with E-state index in [1.165, 1.54) is 32.1 Å². The van der Waals surface area contributed by atoms with Gasteiger partial charge in [-0.2, -0.15) is 5.10 Å². The fourth-order valence-corrected chi connectivity index (χ4v) is 3.68. The third kappa shape index (κ3) is 3.96. The molecule has 1 fully saturated rings. The zero-order chi connectivity index (χ0) is 16.9. The summed E-state index contributed by atoms with van der Waals surface area (Å²) in [4.78, 5) is 14.6. The Hall–Kier alpha value is -1.88. The van der Waals surface area contributed by atoms with Crippen LogP contribution in [0.2, 0.25) is 0 Å². The number of carbonyl (C=O) groups excluding carboxylic acids is 1. The van der Waals surface area contributed by atoms with Gasteiger partial charge in [-0.25, -0.2) is 0 Å². The van der Waals surface area contributed by atoms with Crippen molar-refractivity contribution in [3.63, 3.8) is 0 Å². The highest BCUT2D eigenvalue weighted by molar-refractivity contribution is 5.84. The lowest BCUT2D eigenvalue weighted by Gasteiger charge is -2.31. The van der Waals surface area contributed by atoms with E-state index in [0.717, 1.165) is 23.1 Å². The Labute approximate surface area is 144 Å². The Kier molecular flexibility index (Phi) is 5.51. The largest absolute Gasteiger partial charge is 0.353 e. The number of hydrogen-bond donors (Lipinski definition) is 1. The van der Waals surface area contributed by atoms with Crippen molar-refractivity contribution >= 4 is 16.8 Å². The molecule has 1 aromatic heterocycles. The quantitative estimate of drug-likeness (QED) is 0.887. The molecule has 1 aromatic carbocycles. The lowest BCUT2D eigenvalue weighted by atomic mass is 9.94. The van der Waals surface area contributed by atoms with Crippen molar-refractivity contribution in [2.24, 2.45) is 0 Å². The molecule has 0 aliphatic heterocycles. The summed E-state index contributed by atoms with van der Waals surface area (Å²) in [6, 6.07) is 8.73.